The van der Waals surface area contributed by atoms with E-state index in [1.54, 1.807) is 23.9 Å². The van der Waals surface area contributed by atoms with E-state index in [1.807, 2.05) is 62.1 Å². The van der Waals surface area contributed by atoms with Gasteiger partial charge in [0.05, 0.1) is 35.2 Å². The van der Waals surface area contributed by atoms with Crippen molar-refractivity contribution in [3.63, 3.8) is 0 Å². The number of nitrogens with zero attached hydrogens (tertiary/aromatic N) is 6. The van der Waals surface area contributed by atoms with Gasteiger partial charge >= 0.3 is 5.69 Å². The molecule has 0 unspecified atom stereocenters. The summed E-state index contributed by atoms with van der Waals surface area (Å²) in [5.41, 5.74) is 10.2. The van der Waals surface area contributed by atoms with Gasteiger partial charge in [-0.15, -0.1) is 0 Å². The lowest BCUT2D eigenvalue weighted by molar-refractivity contribution is 0.413. The van der Waals surface area contributed by atoms with E-state index in [0.29, 0.717) is 28.9 Å². The molecule has 36 heavy (non-hydrogen) atoms. The number of anilines is 4. The number of imidazole rings is 1. The average molecular weight is 489 g/mol. The zero-order valence-electron chi connectivity index (χ0n) is 21.1. The van der Waals surface area contributed by atoms with Crippen molar-refractivity contribution < 1.29 is 4.74 Å². The number of benzene rings is 2. The number of ether oxygens (including phenoxy) is 1. The van der Waals surface area contributed by atoms with Crippen LogP contribution in [0.1, 0.15) is 18.9 Å². The number of nitrogen functional groups attached to an aromatic ring is 1. The minimum Gasteiger partial charge on any atom is -0.494 e. The Hall–Kier alpha value is -4.05. The van der Waals surface area contributed by atoms with Gasteiger partial charge in [-0.25, -0.2) is 14.3 Å². The Balaban J connectivity index is 1.48. The summed E-state index contributed by atoms with van der Waals surface area (Å²) in [5.74, 6) is 1.46. The molecule has 2 heterocycles. The zero-order valence-corrected chi connectivity index (χ0v) is 21.1. The van der Waals surface area contributed by atoms with Crippen LogP contribution in [-0.4, -0.2) is 65.3 Å². The molecule has 10 nitrogen and oxygen atoms in total. The molecule has 0 radical (unpaired) electrons. The predicted octanol–water partition coefficient (Wildman–Crippen LogP) is 3.25. The summed E-state index contributed by atoms with van der Waals surface area (Å²) < 4.78 is 9.17. The highest BCUT2D eigenvalue weighted by Crippen LogP contribution is 2.37. The molecule has 0 spiro atoms. The van der Waals surface area contributed by atoms with Crippen molar-refractivity contribution in [3.05, 3.63) is 59.1 Å². The van der Waals surface area contributed by atoms with Gasteiger partial charge in [0.2, 0.25) is 5.95 Å². The lowest BCUT2D eigenvalue weighted by atomic mass is 10.2. The van der Waals surface area contributed by atoms with Crippen molar-refractivity contribution in [1.82, 2.24) is 24.0 Å². The van der Waals surface area contributed by atoms with E-state index < -0.39 is 0 Å². The number of hydrogen-bond donors (Lipinski definition) is 2. The number of likely N-dealkylation sites (N-methyl/N-ethyl adjacent to an activating group) is 2. The van der Waals surface area contributed by atoms with E-state index in [2.05, 4.69) is 25.1 Å². The van der Waals surface area contributed by atoms with E-state index in [1.165, 1.54) is 0 Å². The van der Waals surface area contributed by atoms with Gasteiger partial charge in [0.1, 0.15) is 11.6 Å². The summed E-state index contributed by atoms with van der Waals surface area (Å²) in [6, 6.07) is 13.5. The van der Waals surface area contributed by atoms with Crippen molar-refractivity contribution in [1.29, 1.82) is 0 Å². The van der Waals surface area contributed by atoms with Crippen molar-refractivity contribution in [2.45, 2.75) is 18.9 Å². The number of methoxy groups -OCH3 is 1. The fourth-order valence-electron chi connectivity index (χ4n) is 4.39. The van der Waals surface area contributed by atoms with E-state index >= 15 is 0 Å². The summed E-state index contributed by atoms with van der Waals surface area (Å²) in [6.07, 6.45) is 3.68. The Kier molecular flexibility index (Phi) is 6.27. The van der Waals surface area contributed by atoms with E-state index in [0.717, 1.165) is 42.7 Å². The average Bonchev–Trinajstić information content (AvgIpc) is 3.65. The van der Waals surface area contributed by atoms with Gasteiger partial charge in [-0.05, 0) is 45.1 Å². The van der Waals surface area contributed by atoms with Crippen LogP contribution in [0.2, 0.25) is 0 Å². The van der Waals surface area contributed by atoms with Crippen LogP contribution >= 0.6 is 0 Å². The maximum Gasteiger partial charge on any atom is 0.335 e. The van der Waals surface area contributed by atoms with Gasteiger partial charge in [-0.2, -0.15) is 4.98 Å². The maximum atomic E-state index is 13.4. The van der Waals surface area contributed by atoms with Crippen LogP contribution in [0.3, 0.4) is 0 Å². The largest absolute Gasteiger partial charge is 0.494 e. The van der Waals surface area contributed by atoms with Crippen LogP contribution in [0.15, 0.2) is 53.5 Å². The molecule has 10 heteroatoms. The second-order valence-electron chi connectivity index (χ2n) is 9.41. The van der Waals surface area contributed by atoms with Crippen LogP contribution in [0.4, 0.5) is 23.0 Å². The fraction of sp³-hybridized carbons (Fsp3) is 0.346. The van der Waals surface area contributed by atoms with Gasteiger partial charge in [0.15, 0.2) is 0 Å². The topological polar surface area (TPSA) is 106 Å². The number of fused-ring (bicyclic) bond motifs is 1. The van der Waals surface area contributed by atoms with Crippen LogP contribution in [-0.2, 0) is 0 Å². The Morgan fingerprint density at radius 1 is 1.11 bits per heavy atom. The van der Waals surface area contributed by atoms with Crippen LogP contribution in [0.25, 0.3) is 16.9 Å². The molecular formula is C26H32N8O2. The summed E-state index contributed by atoms with van der Waals surface area (Å²) in [5, 5.41) is 3.22. The Morgan fingerprint density at radius 2 is 1.86 bits per heavy atom. The highest BCUT2D eigenvalue weighted by Gasteiger charge is 2.29. The summed E-state index contributed by atoms with van der Waals surface area (Å²) in [7, 11) is 7.70. The highest BCUT2D eigenvalue weighted by atomic mass is 16.5. The van der Waals surface area contributed by atoms with Gasteiger partial charge < -0.3 is 25.6 Å². The molecule has 1 fully saturated rings. The van der Waals surface area contributed by atoms with Crippen LogP contribution in [0.5, 0.6) is 5.75 Å². The lowest BCUT2D eigenvalue weighted by Gasteiger charge is -2.24. The molecule has 2 aromatic heterocycles. The third kappa shape index (κ3) is 4.47. The van der Waals surface area contributed by atoms with Crippen LogP contribution < -0.4 is 26.4 Å². The molecule has 0 amide bonds. The molecule has 0 saturated heterocycles. The molecule has 3 N–H and O–H groups in total. The molecule has 2 aromatic carbocycles. The minimum atomic E-state index is -0.0877. The third-order valence-electron chi connectivity index (χ3n) is 6.45. The van der Waals surface area contributed by atoms with Crippen molar-refractivity contribution in [2.24, 2.45) is 0 Å². The van der Waals surface area contributed by atoms with Gasteiger partial charge in [-0.1, -0.05) is 12.1 Å². The number of nitrogens with one attached hydrogen (secondary N) is 1. The molecule has 188 valence electrons. The highest BCUT2D eigenvalue weighted by molar-refractivity contribution is 5.80. The first-order chi connectivity index (χ1) is 17.4. The van der Waals surface area contributed by atoms with Crippen LogP contribution in [0, 0.1) is 0 Å². The predicted molar refractivity (Wildman–Crippen MR) is 144 cm³/mol. The summed E-state index contributed by atoms with van der Waals surface area (Å²) in [6.45, 7) is 1.72. The first-order valence-electron chi connectivity index (χ1n) is 12.0. The molecule has 1 aliphatic carbocycles. The van der Waals surface area contributed by atoms with Gasteiger partial charge in [0, 0.05) is 44.5 Å². The molecule has 4 aromatic rings. The minimum absolute atomic E-state index is 0.0877. The molecule has 1 saturated carbocycles. The number of rotatable bonds is 9. The standard InChI is InChI=1S/C26H32N8O2/c1-31(2)13-14-32(3)22-16-23(36-4)19(15-18(22)27)29-25-28-12-11-24(30-25)34-21-8-6-5-7-20(21)33(26(34)35)17-9-10-17/h5-8,11-12,15-17H,9-10,13-14,27H2,1-4H3,(H,28,29,30). The lowest BCUT2D eigenvalue weighted by Crippen LogP contribution is -2.29. The fourth-order valence-corrected chi connectivity index (χ4v) is 4.39. The van der Waals surface area contributed by atoms with Crippen molar-refractivity contribution in [2.75, 3.05) is 57.3 Å². The Labute approximate surface area is 209 Å². The normalized spacial score (nSPS) is 13.4. The monoisotopic (exact) mass is 488 g/mol. The van der Waals surface area contributed by atoms with E-state index in [9.17, 15) is 4.79 Å². The number of aromatic nitrogens is 4. The molecule has 0 aliphatic heterocycles. The molecular weight excluding hydrogens is 456 g/mol. The number of nitrogens with two attached hydrogens (primary N) is 1. The molecule has 0 bridgehead atoms. The first-order valence-corrected chi connectivity index (χ1v) is 12.0. The summed E-state index contributed by atoms with van der Waals surface area (Å²) in [4.78, 5) is 26.7. The Bertz CT molecular complexity index is 1450. The smallest absolute Gasteiger partial charge is 0.335 e. The molecule has 0 atom stereocenters. The SMILES string of the molecule is COc1cc(N(C)CCN(C)C)c(N)cc1Nc1nccc(-n2c(=O)n(C3CC3)c3ccccc32)n1. The third-order valence-corrected chi connectivity index (χ3v) is 6.45. The quantitative estimate of drug-likeness (QED) is 0.346. The Morgan fingerprint density at radius 3 is 2.56 bits per heavy atom. The molecule has 1 aliphatic rings. The number of para-hydroxylation sites is 2. The second kappa shape index (κ2) is 9.54. The van der Waals surface area contributed by atoms with Crippen molar-refractivity contribution >= 4 is 34.0 Å². The summed E-state index contributed by atoms with van der Waals surface area (Å²) >= 11 is 0. The maximum absolute atomic E-state index is 13.4. The van der Waals surface area contributed by atoms with E-state index in [-0.39, 0.29) is 11.7 Å². The molecule has 5 rings (SSSR count). The second-order valence-corrected chi connectivity index (χ2v) is 9.41. The zero-order chi connectivity index (χ0) is 25.4. The van der Waals surface area contributed by atoms with Crippen molar-refractivity contribution in [3.8, 4) is 11.6 Å². The van der Waals surface area contributed by atoms with E-state index in [4.69, 9.17) is 10.5 Å². The van der Waals surface area contributed by atoms with Gasteiger partial charge in [-0.3, -0.25) is 4.57 Å². The van der Waals surface area contributed by atoms with Gasteiger partial charge in [0.25, 0.3) is 0 Å². The first kappa shape index (κ1) is 23.7. The number of hydrogen-bond acceptors (Lipinski definition) is 8.